The highest BCUT2D eigenvalue weighted by atomic mass is 16.8. The number of alkyl carbamates (subject to hydrolysis) is 1. The van der Waals surface area contributed by atoms with Gasteiger partial charge in [0.15, 0.2) is 0 Å². The van der Waals surface area contributed by atoms with E-state index in [0.29, 0.717) is 12.8 Å². The van der Waals surface area contributed by atoms with Crippen LogP contribution in [0.3, 0.4) is 0 Å². The zero-order valence-corrected chi connectivity index (χ0v) is 13.3. The molecule has 3 unspecified atom stereocenters. The Bertz CT molecular complexity index is 388. The molecule has 0 saturated carbocycles. The van der Waals surface area contributed by atoms with Crippen molar-refractivity contribution in [1.82, 2.24) is 15.7 Å². The van der Waals surface area contributed by atoms with Crippen LogP contribution in [0, 0.1) is 0 Å². The molecule has 1 aliphatic heterocycles. The van der Waals surface area contributed by atoms with E-state index in [-0.39, 0.29) is 12.6 Å². The smallest absolute Gasteiger partial charge is 0.426 e. The Morgan fingerprint density at radius 2 is 1.77 bits per heavy atom. The molecule has 0 spiro atoms. The van der Waals surface area contributed by atoms with Crippen LogP contribution in [0.5, 0.6) is 0 Å². The third-order valence-electron chi connectivity index (χ3n) is 2.77. The first-order valence-electron chi connectivity index (χ1n) is 7.18. The maximum absolute atomic E-state index is 11.6. The monoisotopic (exact) mass is 319 g/mol. The second kappa shape index (κ2) is 7.61. The van der Waals surface area contributed by atoms with Crippen molar-refractivity contribution in [3.05, 3.63) is 0 Å². The summed E-state index contributed by atoms with van der Waals surface area (Å²) in [7, 11) is 0. The van der Waals surface area contributed by atoms with Crippen LogP contribution in [0.4, 0.5) is 9.59 Å². The van der Waals surface area contributed by atoms with Crippen LogP contribution < -0.4 is 10.6 Å². The number of carbonyl (C=O) groups excluding carboxylic acids is 2. The quantitative estimate of drug-likeness (QED) is 0.587. The predicted molar refractivity (Wildman–Crippen MR) is 76.4 cm³/mol. The van der Waals surface area contributed by atoms with Crippen molar-refractivity contribution in [2.75, 3.05) is 6.54 Å². The minimum atomic E-state index is -1.02. The highest BCUT2D eigenvalue weighted by molar-refractivity contribution is 5.69. The summed E-state index contributed by atoms with van der Waals surface area (Å²) in [5.41, 5.74) is -0.599. The fourth-order valence-electron chi connectivity index (χ4n) is 1.80. The molecule has 1 saturated heterocycles. The summed E-state index contributed by atoms with van der Waals surface area (Å²) in [6.45, 7) is 7.04. The van der Waals surface area contributed by atoms with Gasteiger partial charge in [-0.15, -0.1) is 0 Å². The third-order valence-corrected chi connectivity index (χ3v) is 2.77. The van der Waals surface area contributed by atoms with Crippen molar-refractivity contribution >= 4 is 12.2 Å². The number of nitrogens with zero attached hydrogens (tertiary/aromatic N) is 1. The second-order valence-corrected chi connectivity index (χ2v) is 6.21. The molecule has 1 rings (SSSR count). The summed E-state index contributed by atoms with van der Waals surface area (Å²) in [4.78, 5) is 27.9. The molecule has 1 heterocycles. The van der Waals surface area contributed by atoms with Crippen molar-refractivity contribution < 1.29 is 29.4 Å². The van der Waals surface area contributed by atoms with Gasteiger partial charge in [-0.2, -0.15) is 0 Å². The van der Waals surface area contributed by atoms with Crippen LogP contribution in [0.2, 0.25) is 0 Å². The topological polar surface area (TPSA) is 120 Å². The Kier molecular flexibility index (Phi) is 6.39. The Morgan fingerprint density at radius 1 is 1.23 bits per heavy atom. The maximum atomic E-state index is 11.6. The molecule has 0 radical (unpaired) electrons. The lowest BCUT2D eigenvalue weighted by Gasteiger charge is -2.23. The van der Waals surface area contributed by atoms with Gasteiger partial charge >= 0.3 is 12.2 Å². The number of carbonyl (C=O) groups is 2. The van der Waals surface area contributed by atoms with E-state index < -0.39 is 30.2 Å². The fraction of sp³-hybridized carbons (Fsp3) is 0.846. The molecular weight excluding hydrogens is 294 g/mol. The van der Waals surface area contributed by atoms with Gasteiger partial charge in [0.25, 0.3) is 0 Å². The van der Waals surface area contributed by atoms with E-state index in [0.717, 1.165) is 5.06 Å². The van der Waals surface area contributed by atoms with Crippen LogP contribution in [-0.2, 0) is 9.57 Å². The van der Waals surface area contributed by atoms with Crippen molar-refractivity contribution in [1.29, 1.82) is 0 Å². The first kappa shape index (κ1) is 18.5. The van der Waals surface area contributed by atoms with E-state index in [2.05, 4.69) is 10.6 Å². The Morgan fingerprint density at radius 3 is 2.27 bits per heavy atom. The zero-order valence-electron chi connectivity index (χ0n) is 13.3. The summed E-state index contributed by atoms with van der Waals surface area (Å²) < 4.78 is 5.08. The fourth-order valence-corrected chi connectivity index (χ4v) is 1.80. The molecule has 0 aromatic rings. The molecule has 1 fully saturated rings. The maximum Gasteiger partial charge on any atom is 0.426 e. The molecule has 0 aliphatic carbocycles. The highest BCUT2D eigenvalue weighted by Gasteiger charge is 2.34. The first-order chi connectivity index (χ1) is 10.1. The molecule has 2 amide bonds. The summed E-state index contributed by atoms with van der Waals surface area (Å²) in [5.74, 6) is 0. The third kappa shape index (κ3) is 6.46. The van der Waals surface area contributed by atoms with Crippen molar-refractivity contribution in [3.8, 4) is 0 Å². The molecule has 9 heteroatoms. The van der Waals surface area contributed by atoms with Gasteiger partial charge in [0.05, 0.1) is 0 Å². The van der Waals surface area contributed by atoms with Crippen molar-refractivity contribution in [2.45, 2.75) is 64.6 Å². The van der Waals surface area contributed by atoms with Gasteiger partial charge in [0.2, 0.25) is 0 Å². The number of amides is 2. The summed E-state index contributed by atoms with van der Waals surface area (Å²) >= 11 is 0. The van der Waals surface area contributed by atoms with Gasteiger partial charge < -0.3 is 30.4 Å². The standard InChI is InChI=1S/C13H25N3O6/c1-8(15-12(20)21-13(2,3)4)7-14-11(19)22-16-9(17)5-6-10(16)18/h8-10,17-18H,5-7H2,1-4H3,(H,14,19)(H,15,20). The SMILES string of the molecule is CC(CNC(=O)ON1C(O)CCC1O)NC(=O)OC(C)(C)C. The largest absolute Gasteiger partial charge is 0.444 e. The van der Waals surface area contributed by atoms with Crippen LogP contribution in [-0.4, -0.2) is 58.1 Å². The van der Waals surface area contributed by atoms with Crippen LogP contribution >= 0.6 is 0 Å². The summed E-state index contributed by atoms with van der Waals surface area (Å²) in [6.07, 6.45) is -2.79. The lowest BCUT2D eigenvalue weighted by molar-refractivity contribution is -0.235. The number of hydroxylamine groups is 2. The number of ether oxygens (including phenoxy) is 1. The van der Waals surface area contributed by atoms with E-state index in [4.69, 9.17) is 9.57 Å². The predicted octanol–water partition coefficient (Wildman–Crippen LogP) is 0.273. The van der Waals surface area contributed by atoms with Gasteiger partial charge in [0, 0.05) is 12.6 Å². The van der Waals surface area contributed by atoms with Gasteiger partial charge in [-0.25, -0.2) is 9.59 Å². The summed E-state index contributed by atoms with van der Waals surface area (Å²) in [5, 5.41) is 24.8. The minimum Gasteiger partial charge on any atom is -0.444 e. The molecular formula is C13H25N3O6. The summed E-state index contributed by atoms with van der Waals surface area (Å²) in [6, 6.07) is -0.379. The molecule has 9 nitrogen and oxygen atoms in total. The highest BCUT2D eigenvalue weighted by Crippen LogP contribution is 2.20. The lowest BCUT2D eigenvalue weighted by atomic mass is 10.2. The number of aliphatic hydroxyl groups excluding tert-OH is 2. The zero-order chi connectivity index (χ0) is 16.9. The number of rotatable bonds is 4. The molecule has 4 N–H and O–H groups in total. The van der Waals surface area contributed by atoms with Crippen LogP contribution in [0.25, 0.3) is 0 Å². The Hall–Kier alpha value is -1.58. The molecule has 128 valence electrons. The van der Waals surface area contributed by atoms with Gasteiger partial charge in [0.1, 0.15) is 18.1 Å². The van der Waals surface area contributed by atoms with E-state index in [1.54, 1.807) is 27.7 Å². The average molecular weight is 319 g/mol. The molecule has 22 heavy (non-hydrogen) atoms. The van der Waals surface area contributed by atoms with Crippen LogP contribution in [0.1, 0.15) is 40.5 Å². The van der Waals surface area contributed by atoms with Gasteiger partial charge in [-0.1, -0.05) is 5.06 Å². The second-order valence-electron chi connectivity index (χ2n) is 6.21. The van der Waals surface area contributed by atoms with Crippen LogP contribution in [0.15, 0.2) is 0 Å². The Balaban J connectivity index is 2.27. The average Bonchev–Trinajstić information content (AvgIpc) is 2.65. The number of aliphatic hydroxyl groups is 2. The molecule has 0 aromatic carbocycles. The number of hydrogen-bond acceptors (Lipinski definition) is 7. The van der Waals surface area contributed by atoms with E-state index >= 15 is 0 Å². The number of nitrogens with one attached hydrogen (secondary N) is 2. The molecule has 3 atom stereocenters. The van der Waals surface area contributed by atoms with E-state index in [1.165, 1.54) is 0 Å². The normalized spacial score (nSPS) is 23.7. The van der Waals surface area contributed by atoms with Gasteiger partial charge in [-0.3, -0.25) is 0 Å². The van der Waals surface area contributed by atoms with E-state index in [9.17, 15) is 19.8 Å². The minimum absolute atomic E-state index is 0.109. The molecule has 1 aliphatic rings. The van der Waals surface area contributed by atoms with Gasteiger partial charge in [-0.05, 0) is 40.5 Å². The van der Waals surface area contributed by atoms with Crippen molar-refractivity contribution in [2.24, 2.45) is 0 Å². The molecule has 0 bridgehead atoms. The molecule has 0 aromatic heterocycles. The van der Waals surface area contributed by atoms with E-state index in [1.807, 2.05) is 0 Å². The first-order valence-corrected chi connectivity index (χ1v) is 7.18. The lowest BCUT2D eigenvalue weighted by Crippen LogP contribution is -2.46. The Labute approximate surface area is 129 Å². The number of hydrogen-bond donors (Lipinski definition) is 4. The van der Waals surface area contributed by atoms with Crippen molar-refractivity contribution in [3.63, 3.8) is 0 Å².